The smallest absolute Gasteiger partial charge is 0.248 e. The van der Waals surface area contributed by atoms with Gasteiger partial charge in [-0.1, -0.05) is 47.9 Å². The van der Waals surface area contributed by atoms with Gasteiger partial charge in [-0.25, -0.2) is 0 Å². The predicted octanol–water partition coefficient (Wildman–Crippen LogP) is 3.39. The summed E-state index contributed by atoms with van der Waals surface area (Å²) in [6.45, 7) is 1.96. The molecule has 0 unspecified atom stereocenters. The molecule has 2 aliphatic rings. The number of hydrogen-bond acceptors (Lipinski definition) is 6. The fraction of sp³-hybridized carbons (Fsp3) is 0.450. The lowest BCUT2D eigenvalue weighted by Gasteiger charge is -2.21. The van der Waals surface area contributed by atoms with Crippen molar-refractivity contribution in [2.45, 2.75) is 32.6 Å². The monoisotopic (exact) mass is 432 g/mol. The highest BCUT2D eigenvalue weighted by Gasteiger charge is 2.48. The molecule has 7 nitrogen and oxygen atoms in total. The Morgan fingerprint density at radius 1 is 1.14 bits per heavy atom. The summed E-state index contributed by atoms with van der Waals surface area (Å²) in [5.41, 5.74) is 0.857. The van der Waals surface area contributed by atoms with Crippen molar-refractivity contribution in [2.24, 2.45) is 11.8 Å². The molecule has 1 aromatic carbocycles. The van der Waals surface area contributed by atoms with Gasteiger partial charge in [0.15, 0.2) is 0 Å². The molecule has 9 heteroatoms. The summed E-state index contributed by atoms with van der Waals surface area (Å²) in [5, 5.41) is 10.1. The van der Waals surface area contributed by atoms with Crippen molar-refractivity contribution in [1.82, 2.24) is 15.1 Å². The Morgan fingerprint density at radius 2 is 1.76 bits per heavy atom. The van der Waals surface area contributed by atoms with Gasteiger partial charge in [0.1, 0.15) is 11.6 Å². The number of likely N-dealkylation sites (tertiary alicyclic amines) is 1. The molecule has 1 aromatic heterocycles. The summed E-state index contributed by atoms with van der Waals surface area (Å²) in [5.74, 6) is -1.24. The number of amides is 3. The van der Waals surface area contributed by atoms with E-state index in [1.165, 1.54) is 16.2 Å². The molecule has 2 aromatic rings. The molecule has 0 spiro atoms. The number of carbonyl (C=O) groups is 3. The first kappa shape index (κ1) is 20.0. The van der Waals surface area contributed by atoms with E-state index in [0.717, 1.165) is 36.1 Å². The van der Waals surface area contributed by atoms with E-state index in [2.05, 4.69) is 10.2 Å². The maximum atomic E-state index is 12.9. The Bertz CT molecular complexity index is 921. The SMILES string of the molecule is CCN(C(=O)CN1C(=O)[C@H]2CCCC[C@@H]2C1=O)c1nnc(-c2ccc(Cl)cc2)s1. The first-order valence-electron chi connectivity index (χ1n) is 9.74. The van der Waals surface area contributed by atoms with Gasteiger partial charge in [0, 0.05) is 17.1 Å². The van der Waals surface area contributed by atoms with E-state index in [1.807, 2.05) is 19.1 Å². The van der Waals surface area contributed by atoms with Gasteiger partial charge in [0.25, 0.3) is 0 Å². The summed E-state index contributed by atoms with van der Waals surface area (Å²) >= 11 is 7.21. The molecule has 1 saturated carbocycles. The Kier molecular flexibility index (Phi) is 5.65. The van der Waals surface area contributed by atoms with Crippen LogP contribution in [0.3, 0.4) is 0 Å². The minimum absolute atomic E-state index is 0.205. The predicted molar refractivity (Wildman–Crippen MR) is 111 cm³/mol. The van der Waals surface area contributed by atoms with Gasteiger partial charge in [-0.15, -0.1) is 10.2 Å². The molecule has 0 bridgehead atoms. The average molecular weight is 433 g/mol. The van der Waals surface area contributed by atoms with Crippen LogP contribution in [0.4, 0.5) is 5.13 Å². The summed E-state index contributed by atoms with van der Waals surface area (Å²) in [6, 6.07) is 7.22. The molecular weight excluding hydrogens is 412 g/mol. The second-order valence-corrected chi connectivity index (χ2v) is 8.69. The highest BCUT2D eigenvalue weighted by atomic mass is 35.5. The first-order chi connectivity index (χ1) is 14.0. The van der Waals surface area contributed by atoms with Crippen LogP contribution in [0, 0.1) is 11.8 Å². The van der Waals surface area contributed by atoms with Crippen molar-refractivity contribution in [3.8, 4) is 10.6 Å². The number of likely N-dealkylation sites (N-methyl/N-ethyl adjacent to an activating group) is 1. The molecule has 0 radical (unpaired) electrons. The summed E-state index contributed by atoms with van der Waals surface area (Å²) in [4.78, 5) is 40.8. The third-order valence-electron chi connectivity index (χ3n) is 5.58. The molecule has 152 valence electrons. The van der Waals surface area contributed by atoms with Crippen LogP contribution in [0.15, 0.2) is 24.3 Å². The number of fused-ring (bicyclic) bond motifs is 1. The fourth-order valence-electron chi connectivity index (χ4n) is 4.06. The number of imide groups is 1. The number of anilines is 1. The van der Waals surface area contributed by atoms with Gasteiger partial charge in [0.05, 0.1) is 11.8 Å². The molecular formula is C20H21ClN4O3S. The van der Waals surface area contributed by atoms with E-state index in [9.17, 15) is 14.4 Å². The van der Waals surface area contributed by atoms with Crippen LogP contribution in [0.5, 0.6) is 0 Å². The minimum Gasteiger partial charge on any atom is -0.285 e. The number of rotatable bonds is 5. The second-order valence-electron chi connectivity index (χ2n) is 7.29. The number of benzene rings is 1. The third-order valence-corrected chi connectivity index (χ3v) is 6.83. The molecule has 2 heterocycles. The second kappa shape index (κ2) is 8.20. The molecule has 1 aliphatic carbocycles. The number of nitrogens with zero attached hydrogens (tertiary/aromatic N) is 4. The lowest BCUT2D eigenvalue weighted by atomic mass is 9.81. The Balaban J connectivity index is 1.49. The first-order valence-corrected chi connectivity index (χ1v) is 10.9. The van der Waals surface area contributed by atoms with Gasteiger partial charge >= 0.3 is 0 Å². The van der Waals surface area contributed by atoms with Gasteiger partial charge < -0.3 is 0 Å². The highest BCUT2D eigenvalue weighted by Crippen LogP contribution is 2.38. The van der Waals surface area contributed by atoms with Gasteiger partial charge in [-0.3, -0.25) is 24.2 Å². The van der Waals surface area contributed by atoms with Crippen LogP contribution in [0.1, 0.15) is 32.6 Å². The zero-order valence-electron chi connectivity index (χ0n) is 16.0. The van der Waals surface area contributed by atoms with Crippen molar-refractivity contribution >= 4 is 45.8 Å². The maximum absolute atomic E-state index is 12.9. The van der Waals surface area contributed by atoms with Crippen LogP contribution in [0.25, 0.3) is 10.6 Å². The Hall–Kier alpha value is -2.32. The number of carbonyl (C=O) groups excluding carboxylic acids is 3. The zero-order chi connectivity index (χ0) is 20.5. The van der Waals surface area contributed by atoms with Gasteiger partial charge in [-0.2, -0.15) is 0 Å². The van der Waals surface area contributed by atoms with Crippen molar-refractivity contribution in [2.75, 3.05) is 18.0 Å². The van der Waals surface area contributed by atoms with Crippen LogP contribution in [-0.2, 0) is 14.4 Å². The quantitative estimate of drug-likeness (QED) is 0.676. The molecule has 3 amide bonds. The van der Waals surface area contributed by atoms with E-state index in [4.69, 9.17) is 11.6 Å². The average Bonchev–Trinajstić information content (AvgIpc) is 3.29. The largest absolute Gasteiger partial charge is 0.285 e. The van der Waals surface area contributed by atoms with E-state index in [1.54, 1.807) is 12.1 Å². The topological polar surface area (TPSA) is 83.5 Å². The van der Waals surface area contributed by atoms with Crippen molar-refractivity contribution in [1.29, 1.82) is 0 Å². The maximum Gasteiger partial charge on any atom is 0.248 e. The molecule has 0 N–H and O–H groups in total. The van der Waals surface area contributed by atoms with Gasteiger partial charge in [0.2, 0.25) is 22.9 Å². The van der Waals surface area contributed by atoms with E-state index in [-0.39, 0.29) is 36.1 Å². The fourth-order valence-corrected chi connectivity index (χ4v) is 5.12. The third kappa shape index (κ3) is 3.79. The lowest BCUT2D eigenvalue weighted by molar-refractivity contribution is -0.143. The number of halogens is 1. The Morgan fingerprint density at radius 3 is 2.34 bits per heavy atom. The zero-order valence-corrected chi connectivity index (χ0v) is 17.6. The normalized spacial score (nSPS) is 21.4. The van der Waals surface area contributed by atoms with Crippen LogP contribution in [-0.4, -0.2) is 45.9 Å². The standard InChI is InChI=1S/C20H21ClN4O3S/c1-2-24(20-23-22-17(29-20)12-7-9-13(21)10-8-12)16(26)11-25-18(27)14-5-3-4-6-15(14)19(25)28/h7-10,14-15H,2-6,11H2,1H3/t14-,15-/m0/s1. The van der Waals surface area contributed by atoms with Crippen LogP contribution in [0.2, 0.25) is 5.02 Å². The van der Waals surface area contributed by atoms with Crippen molar-refractivity contribution in [3.05, 3.63) is 29.3 Å². The molecule has 4 rings (SSSR count). The summed E-state index contributed by atoms with van der Waals surface area (Å²) < 4.78 is 0. The molecule has 29 heavy (non-hydrogen) atoms. The minimum atomic E-state index is -0.327. The molecule has 1 saturated heterocycles. The Labute approximate surface area is 177 Å². The van der Waals surface area contributed by atoms with E-state index in [0.29, 0.717) is 21.7 Å². The highest BCUT2D eigenvalue weighted by molar-refractivity contribution is 7.18. The molecule has 2 fully saturated rings. The number of aromatic nitrogens is 2. The van der Waals surface area contributed by atoms with E-state index < -0.39 is 0 Å². The molecule has 2 atom stereocenters. The van der Waals surface area contributed by atoms with Crippen LogP contribution < -0.4 is 4.90 Å². The number of hydrogen-bond donors (Lipinski definition) is 0. The van der Waals surface area contributed by atoms with Crippen molar-refractivity contribution < 1.29 is 14.4 Å². The summed E-state index contributed by atoms with van der Waals surface area (Å²) in [7, 11) is 0. The van der Waals surface area contributed by atoms with Crippen LogP contribution >= 0.6 is 22.9 Å². The molecule has 1 aliphatic heterocycles. The van der Waals surface area contributed by atoms with Gasteiger partial charge in [-0.05, 0) is 31.9 Å². The van der Waals surface area contributed by atoms with E-state index >= 15 is 0 Å². The van der Waals surface area contributed by atoms with Crippen molar-refractivity contribution in [3.63, 3.8) is 0 Å². The lowest BCUT2D eigenvalue weighted by Crippen LogP contribution is -2.43. The summed E-state index contributed by atoms with van der Waals surface area (Å²) in [6.07, 6.45) is 3.39.